The number of hydrogen-bond donors (Lipinski definition) is 0. The van der Waals surface area contributed by atoms with E-state index in [0.717, 1.165) is 175 Å². The molecule has 15 nitrogen and oxygen atoms in total. The number of nitrogens with zero attached hydrogens (tertiary/aromatic N) is 15. The summed E-state index contributed by atoms with van der Waals surface area (Å²) in [7, 11) is 0. The molecule has 17 heteroatoms. The second-order valence-electron chi connectivity index (χ2n) is 28.4. The number of benzene rings is 14. The van der Waals surface area contributed by atoms with Gasteiger partial charge in [-0.1, -0.05) is 322 Å². The van der Waals surface area contributed by atoms with Crippen LogP contribution in [0.3, 0.4) is 0 Å². The molecule has 14 aromatic carbocycles. The maximum Gasteiger partial charge on any atom is 0.164 e. The van der Waals surface area contributed by atoms with Crippen LogP contribution >= 0.6 is 22.7 Å². The van der Waals surface area contributed by atoms with Crippen LogP contribution < -0.4 is 0 Å². The van der Waals surface area contributed by atoms with Crippen LogP contribution in [0.25, 0.3) is 221 Å². The Morgan fingerprint density at radius 2 is 0.449 bits per heavy atom. The molecule has 0 bridgehead atoms. The minimum absolute atomic E-state index is 0.614. The third-order valence-corrected chi connectivity index (χ3v) is 23.2. The summed E-state index contributed by atoms with van der Waals surface area (Å²) in [6, 6.07) is 127. The molecule has 0 radical (unpaired) electrons. The third kappa shape index (κ3) is 13.9. The van der Waals surface area contributed by atoms with Crippen molar-refractivity contribution in [2.75, 3.05) is 0 Å². The van der Waals surface area contributed by atoms with E-state index in [0.29, 0.717) is 40.5 Å². The highest BCUT2D eigenvalue weighted by Gasteiger charge is 2.22. The lowest BCUT2D eigenvalue weighted by atomic mass is 9.97. The van der Waals surface area contributed by atoms with Crippen LogP contribution in [0, 0.1) is 0 Å². The van der Waals surface area contributed by atoms with Gasteiger partial charge in [0, 0.05) is 55.3 Å². The highest BCUT2D eigenvalue weighted by Crippen LogP contribution is 2.42. The Morgan fingerprint density at radius 3 is 0.881 bits per heavy atom. The third-order valence-electron chi connectivity index (χ3n) is 21.0. The quantitative estimate of drug-likeness (QED) is 0.0997. The molecular formula is C101H61N15S2. The molecule has 22 aromatic rings. The molecule has 0 aliphatic carbocycles. The van der Waals surface area contributed by atoms with Gasteiger partial charge in [0.2, 0.25) is 0 Å². The molecule has 0 fully saturated rings. The molecule has 0 aliphatic rings. The fourth-order valence-corrected chi connectivity index (χ4v) is 17.1. The lowest BCUT2D eigenvalue weighted by molar-refractivity contribution is 0.904. The molecule has 552 valence electrons. The molecule has 0 saturated heterocycles. The lowest BCUT2D eigenvalue weighted by Gasteiger charge is -2.11. The van der Waals surface area contributed by atoms with E-state index in [1.807, 2.05) is 115 Å². The van der Waals surface area contributed by atoms with Crippen LogP contribution in [0.4, 0.5) is 0 Å². The number of thiophene rings is 2. The van der Waals surface area contributed by atoms with E-state index < -0.39 is 0 Å². The molecule has 0 unspecified atom stereocenters. The lowest BCUT2D eigenvalue weighted by Crippen LogP contribution is -2.00. The Morgan fingerprint density at radius 1 is 0.169 bits per heavy atom. The van der Waals surface area contributed by atoms with E-state index in [1.165, 1.54) is 5.56 Å². The van der Waals surface area contributed by atoms with Crippen molar-refractivity contribution >= 4 is 85.6 Å². The molecule has 0 aliphatic heterocycles. The van der Waals surface area contributed by atoms with Crippen molar-refractivity contribution in [2.45, 2.75) is 0 Å². The van der Waals surface area contributed by atoms with Crippen LogP contribution in [-0.4, -0.2) is 75.7 Å². The normalized spacial score (nSPS) is 11.4. The summed E-state index contributed by atoms with van der Waals surface area (Å²) in [4.78, 5) is 46.3. The fraction of sp³-hybridized carbons (Fsp3) is 0. The fourth-order valence-electron chi connectivity index (χ4n) is 14.9. The summed E-state index contributed by atoms with van der Waals surface area (Å²) in [6.07, 6.45) is 0. The molecule has 22 rings (SSSR count). The maximum atomic E-state index is 5.03. The van der Waals surface area contributed by atoms with Gasteiger partial charge < -0.3 is 0 Å². The van der Waals surface area contributed by atoms with E-state index in [-0.39, 0.29) is 0 Å². The van der Waals surface area contributed by atoms with Crippen LogP contribution in [0.15, 0.2) is 370 Å². The van der Waals surface area contributed by atoms with Crippen molar-refractivity contribution < 1.29 is 0 Å². The zero-order chi connectivity index (χ0) is 78.2. The van der Waals surface area contributed by atoms with Gasteiger partial charge in [-0.3, -0.25) is 0 Å². The van der Waals surface area contributed by atoms with Gasteiger partial charge >= 0.3 is 0 Å². The first-order chi connectivity index (χ1) is 58.4. The van der Waals surface area contributed by atoms with Crippen molar-refractivity contribution in [3.63, 3.8) is 0 Å². The second kappa shape index (κ2) is 30.7. The molecule has 0 saturated carbocycles. The highest BCUT2D eigenvalue weighted by molar-refractivity contribution is 7.26. The van der Waals surface area contributed by atoms with Gasteiger partial charge in [0.05, 0.1) is 25.9 Å². The number of rotatable bonds is 14. The monoisotopic (exact) mass is 1550 g/mol. The van der Waals surface area contributed by atoms with Gasteiger partial charge in [-0.05, 0) is 126 Å². The number of para-hydroxylation sites is 3. The molecule has 0 N–H and O–H groups in total. The zero-order valence-electron chi connectivity index (χ0n) is 62.7. The van der Waals surface area contributed by atoms with Gasteiger partial charge in [-0.2, -0.15) is 0 Å². The number of aromatic nitrogens is 15. The van der Waals surface area contributed by atoms with Crippen molar-refractivity contribution in [1.29, 1.82) is 0 Å². The molecule has 8 heterocycles. The van der Waals surface area contributed by atoms with E-state index in [1.54, 1.807) is 22.7 Å². The van der Waals surface area contributed by atoms with Gasteiger partial charge in [0.1, 0.15) is 37.6 Å². The molecule has 0 spiro atoms. The Balaban J connectivity index is 0.000000147. The summed E-state index contributed by atoms with van der Waals surface area (Å²) in [5.74, 6) is 3.74. The summed E-state index contributed by atoms with van der Waals surface area (Å²) >= 11 is 3.16. The summed E-state index contributed by atoms with van der Waals surface area (Å²) in [5, 5.41) is 28.3. The average Bonchev–Trinajstić information content (AvgIpc) is 1.59. The van der Waals surface area contributed by atoms with Gasteiger partial charge in [-0.15, -0.1) is 43.1 Å². The summed E-state index contributed by atoms with van der Waals surface area (Å²) in [6.45, 7) is 0. The Hall–Kier alpha value is -15.7. The molecule has 118 heavy (non-hydrogen) atoms. The number of fused-ring (bicyclic) bond motifs is 8. The number of pyridine rings is 1. The maximum absolute atomic E-state index is 5.03. The van der Waals surface area contributed by atoms with Crippen LogP contribution in [0.2, 0.25) is 0 Å². The van der Waals surface area contributed by atoms with Crippen molar-refractivity contribution in [2.24, 2.45) is 0 Å². The van der Waals surface area contributed by atoms with E-state index in [9.17, 15) is 0 Å². The standard InChI is InChI=1S/C51H31N7S.C50H30N8S/c1-3-11-32(12-4-1)33-25-27-37(28-26-33)49-53-48(36-13-5-2-6-14-36)54-50(55-49)42-19-10-17-39(30-42)35-23-21-34(22-24-35)38-16-9-18-41(29-38)45-47-46(57-58-56-45)43-31-40-15-7-8-20-44(40)52-51(43)59-47;1-3-11-31(12-4-1)32-25-27-36(28-26-32)48-53-47(35-13-5-2-6-14-35)54-49(55-48)40-18-10-16-38(30-40)34-23-21-33(22-24-34)37-15-9-17-39(29-37)43-46-44(57-58-56-43)45-50(59-46)52-42-20-8-7-19-41(42)51-45/h1-31H;1-30H. The van der Waals surface area contributed by atoms with Gasteiger partial charge in [0.25, 0.3) is 0 Å². The zero-order valence-corrected chi connectivity index (χ0v) is 64.4. The van der Waals surface area contributed by atoms with E-state index in [2.05, 4.69) is 286 Å². The SMILES string of the molecule is c1ccc(-c2ccc(-c3nc(-c4ccccc4)nc(-c4cccc(-c5ccc(-c6cccc(-c7nnnc8c7sc7nc9ccccc9cc78)c6)cc5)c4)n3)cc2)cc1.c1ccc(-c2ccc(-c3nc(-c4ccccc4)nc(-c4cccc(-c5ccc(-c6cccc(-c7nnnc8c7sc7nc9ccccc9nc78)c6)cc5)c4)n3)cc2)cc1. The van der Waals surface area contributed by atoms with E-state index in [4.69, 9.17) is 44.9 Å². The number of hydrogen-bond acceptors (Lipinski definition) is 17. The smallest absolute Gasteiger partial charge is 0.164 e. The molecule has 0 amide bonds. The highest BCUT2D eigenvalue weighted by atomic mass is 32.1. The average molecular weight is 1550 g/mol. The minimum Gasteiger partial charge on any atom is -0.241 e. The molecule has 0 atom stereocenters. The van der Waals surface area contributed by atoms with Gasteiger partial charge in [0.15, 0.2) is 34.9 Å². The van der Waals surface area contributed by atoms with Gasteiger partial charge in [-0.25, -0.2) is 44.9 Å². The van der Waals surface area contributed by atoms with Crippen molar-refractivity contribution in [3.05, 3.63) is 370 Å². The van der Waals surface area contributed by atoms with Crippen LogP contribution in [0.5, 0.6) is 0 Å². The van der Waals surface area contributed by atoms with Crippen LogP contribution in [-0.2, 0) is 0 Å². The van der Waals surface area contributed by atoms with E-state index >= 15 is 0 Å². The van der Waals surface area contributed by atoms with Crippen molar-refractivity contribution in [3.8, 4) is 158 Å². The molecule has 8 aromatic heterocycles. The Kier molecular flexibility index (Phi) is 18.2. The Bertz CT molecular complexity index is 7080. The van der Waals surface area contributed by atoms with Crippen LogP contribution in [0.1, 0.15) is 0 Å². The first-order valence-electron chi connectivity index (χ1n) is 38.5. The molecular weight excluding hydrogens is 1490 g/mol. The first kappa shape index (κ1) is 70.2. The largest absolute Gasteiger partial charge is 0.241 e. The predicted molar refractivity (Wildman–Crippen MR) is 477 cm³/mol. The first-order valence-corrected chi connectivity index (χ1v) is 40.1. The minimum atomic E-state index is 0.614. The van der Waals surface area contributed by atoms with Crippen molar-refractivity contribution in [1.82, 2.24) is 75.7 Å². The predicted octanol–water partition coefficient (Wildman–Crippen LogP) is 24.7. The topological polar surface area (TPSA) is 193 Å². The summed E-state index contributed by atoms with van der Waals surface area (Å²) < 4.78 is 1.90. The summed E-state index contributed by atoms with van der Waals surface area (Å²) in [5.41, 5.74) is 27.2. The Labute approximate surface area is 684 Å². The second-order valence-corrected chi connectivity index (χ2v) is 30.4.